The highest BCUT2D eigenvalue weighted by Crippen LogP contribution is 2.34. The molecule has 1 aliphatic rings. The molecule has 1 heterocycles. The molecule has 0 saturated carbocycles. The van der Waals surface area contributed by atoms with Crippen LogP contribution in [0.3, 0.4) is 0 Å². The molecule has 1 saturated heterocycles. The van der Waals surface area contributed by atoms with Crippen LogP contribution in [0.5, 0.6) is 5.75 Å². The van der Waals surface area contributed by atoms with E-state index >= 15 is 0 Å². The van der Waals surface area contributed by atoms with Gasteiger partial charge in [-0.05, 0) is 24.1 Å². The van der Waals surface area contributed by atoms with Crippen molar-refractivity contribution in [3.05, 3.63) is 59.9 Å². The number of hydrogen-bond acceptors (Lipinski definition) is 3. The van der Waals surface area contributed by atoms with Crippen LogP contribution in [0.1, 0.15) is 18.4 Å². The standard InChI is InChI=1S/C19H19FN2O3/c1-25-16-11-14(20)7-8-15(16)22-18(24)19(10-9-17(23)21-12-19)13-5-3-2-4-6-13/h2-8,11H,9-10,12H2,1H3,(H,21,23)(H,22,24). The largest absolute Gasteiger partial charge is 0.494 e. The zero-order valence-electron chi connectivity index (χ0n) is 13.8. The molecule has 1 fully saturated rings. The fourth-order valence-electron chi connectivity index (χ4n) is 3.09. The highest BCUT2D eigenvalue weighted by Gasteiger charge is 2.43. The van der Waals surface area contributed by atoms with Gasteiger partial charge in [-0.2, -0.15) is 0 Å². The minimum absolute atomic E-state index is 0.0706. The molecule has 2 aromatic rings. The maximum atomic E-state index is 13.4. The number of carbonyl (C=O) groups is 2. The molecule has 1 unspecified atom stereocenters. The summed E-state index contributed by atoms with van der Waals surface area (Å²) in [6.45, 7) is 0.213. The van der Waals surface area contributed by atoms with Crippen LogP contribution in [0.15, 0.2) is 48.5 Å². The molecule has 2 amide bonds. The molecule has 0 aliphatic carbocycles. The van der Waals surface area contributed by atoms with Crippen molar-refractivity contribution in [3.63, 3.8) is 0 Å². The van der Waals surface area contributed by atoms with E-state index in [9.17, 15) is 14.0 Å². The van der Waals surface area contributed by atoms with Gasteiger partial charge in [-0.15, -0.1) is 0 Å². The molecule has 0 radical (unpaired) electrons. The zero-order chi connectivity index (χ0) is 17.9. The quantitative estimate of drug-likeness (QED) is 0.897. The molecule has 0 spiro atoms. The monoisotopic (exact) mass is 342 g/mol. The maximum Gasteiger partial charge on any atom is 0.236 e. The Labute approximate surface area is 145 Å². The third kappa shape index (κ3) is 3.33. The number of carbonyl (C=O) groups excluding carboxylic acids is 2. The molecule has 6 heteroatoms. The highest BCUT2D eigenvalue weighted by molar-refractivity contribution is 6.01. The van der Waals surface area contributed by atoms with E-state index in [4.69, 9.17) is 4.74 Å². The first-order valence-electron chi connectivity index (χ1n) is 8.02. The number of piperidine rings is 1. The first-order valence-corrected chi connectivity index (χ1v) is 8.02. The van der Waals surface area contributed by atoms with E-state index in [0.29, 0.717) is 12.1 Å². The van der Waals surface area contributed by atoms with Crippen LogP contribution < -0.4 is 15.4 Å². The van der Waals surface area contributed by atoms with Crippen LogP contribution in [-0.4, -0.2) is 25.5 Å². The molecule has 0 bridgehead atoms. The minimum atomic E-state index is -0.880. The van der Waals surface area contributed by atoms with E-state index in [1.165, 1.54) is 25.3 Å². The Hall–Kier alpha value is -2.89. The Balaban J connectivity index is 1.94. The van der Waals surface area contributed by atoms with Crippen molar-refractivity contribution >= 4 is 17.5 Å². The smallest absolute Gasteiger partial charge is 0.236 e. The second-order valence-corrected chi connectivity index (χ2v) is 6.02. The molecule has 2 aromatic carbocycles. The Morgan fingerprint density at radius 1 is 1.24 bits per heavy atom. The van der Waals surface area contributed by atoms with Crippen molar-refractivity contribution in [1.82, 2.24) is 5.32 Å². The summed E-state index contributed by atoms with van der Waals surface area (Å²) >= 11 is 0. The van der Waals surface area contributed by atoms with Crippen molar-refractivity contribution in [2.24, 2.45) is 0 Å². The summed E-state index contributed by atoms with van der Waals surface area (Å²) in [5.74, 6) is -0.531. The van der Waals surface area contributed by atoms with E-state index in [1.54, 1.807) is 0 Å². The Morgan fingerprint density at radius 2 is 2.00 bits per heavy atom. The molecule has 5 nitrogen and oxygen atoms in total. The summed E-state index contributed by atoms with van der Waals surface area (Å²) in [5.41, 5.74) is 0.337. The first kappa shape index (κ1) is 17.0. The SMILES string of the molecule is COc1cc(F)ccc1NC(=O)C1(c2ccccc2)CCC(=O)NC1. The predicted octanol–water partition coefficient (Wildman–Crippen LogP) is 2.62. The van der Waals surface area contributed by atoms with Gasteiger partial charge in [-0.25, -0.2) is 4.39 Å². The van der Waals surface area contributed by atoms with Crippen LogP contribution in [0.4, 0.5) is 10.1 Å². The normalized spacial score (nSPS) is 19.8. The van der Waals surface area contributed by atoms with Gasteiger partial charge in [0.05, 0.1) is 18.2 Å². The van der Waals surface area contributed by atoms with Gasteiger partial charge in [-0.3, -0.25) is 9.59 Å². The fraction of sp³-hybridized carbons (Fsp3) is 0.263. The number of benzene rings is 2. The number of hydrogen-bond donors (Lipinski definition) is 2. The van der Waals surface area contributed by atoms with Gasteiger partial charge in [0.1, 0.15) is 11.6 Å². The van der Waals surface area contributed by atoms with Crippen LogP contribution >= 0.6 is 0 Å². The highest BCUT2D eigenvalue weighted by atomic mass is 19.1. The minimum Gasteiger partial charge on any atom is -0.494 e. The number of rotatable bonds is 4. The molecule has 2 N–H and O–H groups in total. The second-order valence-electron chi connectivity index (χ2n) is 6.02. The molecule has 25 heavy (non-hydrogen) atoms. The molecule has 1 aliphatic heterocycles. The van der Waals surface area contributed by atoms with Crippen molar-refractivity contribution in [2.75, 3.05) is 19.0 Å². The summed E-state index contributed by atoms with van der Waals surface area (Å²) < 4.78 is 18.5. The average Bonchev–Trinajstić information content (AvgIpc) is 2.64. The van der Waals surface area contributed by atoms with Crippen LogP contribution in [0, 0.1) is 5.82 Å². The number of methoxy groups -OCH3 is 1. The van der Waals surface area contributed by atoms with E-state index in [1.807, 2.05) is 30.3 Å². The van der Waals surface area contributed by atoms with Gasteiger partial charge in [-0.1, -0.05) is 30.3 Å². The second kappa shape index (κ2) is 6.93. The first-order chi connectivity index (χ1) is 12.0. The summed E-state index contributed by atoms with van der Waals surface area (Å²) in [6, 6.07) is 13.3. The number of anilines is 1. The fourth-order valence-corrected chi connectivity index (χ4v) is 3.09. The Kier molecular flexibility index (Phi) is 4.70. The topological polar surface area (TPSA) is 67.4 Å². The van der Waals surface area contributed by atoms with Crippen LogP contribution in [0.25, 0.3) is 0 Å². The summed E-state index contributed by atoms with van der Waals surface area (Å²) in [6.07, 6.45) is 0.668. The van der Waals surface area contributed by atoms with E-state index in [2.05, 4.69) is 10.6 Å². The molecule has 3 rings (SSSR count). The molecular weight excluding hydrogens is 323 g/mol. The third-order valence-corrected chi connectivity index (χ3v) is 4.54. The Morgan fingerprint density at radius 3 is 2.64 bits per heavy atom. The summed E-state index contributed by atoms with van der Waals surface area (Å²) in [5, 5.41) is 5.62. The van der Waals surface area contributed by atoms with Crippen molar-refractivity contribution < 1.29 is 18.7 Å². The van der Waals surface area contributed by atoms with Gasteiger partial charge in [0.2, 0.25) is 11.8 Å². The van der Waals surface area contributed by atoms with Crippen molar-refractivity contribution in [1.29, 1.82) is 0 Å². The van der Waals surface area contributed by atoms with Crippen molar-refractivity contribution in [3.8, 4) is 5.75 Å². The lowest BCUT2D eigenvalue weighted by Crippen LogP contribution is -2.53. The van der Waals surface area contributed by atoms with Gasteiger partial charge in [0.25, 0.3) is 0 Å². The number of nitrogens with one attached hydrogen (secondary N) is 2. The van der Waals surface area contributed by atoms with E-state index < -0.39 is 11.2 Å². The zero-order valence-corrected chi connectivity index (χ0v) is 13.8. The lowest BCUT2D eigenvalue weighted by atomic mass is 9.73. The lowest BCUT2D eigenvalue weighted by Gasteiger charge is -2.36. The summed E-state index contributed by atoms with van der Waals surface area (Å²) in [4.78, 5) is 24.7. The molecule has 1 atom stereocenters. The van der Waals surface area contributed by atoms with Gasteiger partial charge in [0.15, 0.2) is 0 Å². The molecule has 130 valence electrons. The average molecular weight is 342 g/mol. The van der Waals surface area contributed by atoms with Crippen LogP contribution in [0.2, 0.25) is 0 Å². The van der Waals surface area contributed by atoms with E-state index in [0.717, 1.165) is 5.56 Å². The maximum absolute atomic E-state index is 13.4. The lowest BCUT2D eigenvalue weighted by molar-refractivity contribution is -0.127. The van der Waals surface area contributed by atoms with Gasteiger partial charge < -0.3 is 15.4 Å². The number of ether oxygens (including phenoxy) is 1. The predicted molar refractivity (Wildman–Crippen MR) is 91.9 cm³/mol. The van der Waals surface area contributed by atoms with Crippen LogP contribution in [-0.2, 0) is 15.0 Å². The van der Waals surface area contributed by atoms with Gasteiger partial charge >= 0.3 is 0 Å². The number of amides is 2. The Bertz CT molecular complexity index is 783. The molecular formula is C19H19FN2O3. The summed E-state index contributed by atoms with van der Waals surface area (Å²) in [7, 11) is 1.41. The molecule has 0 aromatic heterocycles. The van der Waals surface area contributed by atoms with Gasteiger partial charge in [0, 0.05) is 19.0 Å². The van der Waals surface area contributed by atoms with Crippen molar-refractivity contribution in [2.45, 2.75) is 18.3 Å². The van der Waals surface area contributed by atoms with E-state index in [-0.39, 0.29) is 30.5 Å². The number of halogens is 1. The third-order valence-electron chi connectivity index (χ3n) is 4.54.